The van der Waals surface area contributed by atoms with Gasteiger partial charge < -0.3 is 14.4 Å². The molecule has 8 heteroatoms. The number of methoxy groups -OCH3 is 1. The van der Waals surface area contributed by atoms with Crippen molar-refractivity contribution in [3.05, 3.63) is 78.0 Å². The molecule has 1 amide bonds. The first kappa shape index (κ1) is 19.8. The first-order valence-corrected chi connectivity index (χ1v) is 8.79. The molecule has 0 aliphatic rings. The molecule has 0 atom stereocenters. The summed E-state index contributed by atoms with van der Waals surface area (Å²) in [6.45, 7) is -0.126. The number of anilines is 3. The minimum atomic E-state index is -0.212. The SMILES string of the molecule is COc1ccc(N(N=O)c2ccc(OCC(=O)N(C)c3cccnc3)cc2)cc1. The van der Waals surface area contributed by atoms with E-state index in [1.54, 1.807) is 87.2 Å². The number of hydrogen-bond acceptors (Lipinski definition) is 6. The summed E-state index contributed by atoms with van der Waals surface area (Å²) in [5.41, 5.74) is 1.85. The number of likely N-dealkylation sites (N-methyl/N-ethyl adjacent to an activating group) is 1. The number of benzene rings is 2. The van der Waals surface area contributed by atoms with Crippen LogP contribution in [0.4, 0.5) is 17.1 Å². The lowest BCUT2D eigenvalue weighted by Gasteiger charge is -2.18. The average Bonchev–Trinajstić information content (AvgIpc) is 2.79. The van der Waals surface area contributed by atoms with E-state index in [0.717, 1.165) is 0 Å². The summed E-state index contributed by atoms with van der Waals surface area (Å²) in [6.07, 6.45) is 3.25. The van der Waals surface area contributed by atoms with Crippen LogP contribution >= 0.6 is 0 Å². The maximum absolute atomic E-state index is 12.3. The molecule has 2 aromatic carbocycles. The molecule has 1 aromatic heterocycles. The monoisotopic (exact) mass is 392 g/mol. The third-order valence-electron chi connectivity index (χ3n) is 4.25. The number of carbonyl (C=O) groups is 1. The largest absolute Gasteiger partial charge is 0.497 e. The van der Waals surface area contributed by atoms with Gasteiger partial charge in [-0.2, -0.15) is 5.01 Å². The first-order chi connectivity index (χ1) is 14.1. The average molecular weight is 392 g/mol. The maximum atomic E-state index is 12.3. The van der Waals surface area contributed by atoms with E-state index in [-0.39, 0.29) is 12.5 Å². The molecule has 0 saturated heterocycles. The number of nitrogens with zero attached hydrogens (tertiary/aromatic N) is 4. The number of carbonyl (C=O) groups excluding carboxylic acids is 1. The number of ether oxygens (including phenoxy) is 2. The van der Waals surface area contributed by atoms with Crippen LogP contribution in [0.1, 0.15) is 0 Å². The molecule has 0 radical (unpaired) electrons. The predicted octanol–water partition coefficient (Wildman–Crippen LogP) is 3.95. The number of pyridine rings is 1. The highest BCUT2D eigenvalue weighted by molar-refractivity contribution is 5.93. The minimum Gasteiger partial charge on any atom is -0.497 e. The Bertz CT molecular complexity index is 947. The van der Waals surface area contributed by atoms with Gasteiger partial charge in [-0.25, -0.2) is 0 Å². The molecular formula is C21H20N4O4. The molecule has 29 heavy (non-hydrogen) atoms. The lowest BCUT2D eigenvalue weighted by Crippen LogP contribution is -2.31. The lowest BCUT2D eigenvalue weighted by atomic mass is 10.2. The van der Waals surface area contributed by atoms with Crippen LogP contribution < -0.4 is 19.4 Å². The van der Waals surface area contributed by atoms with Crippen LogP contribution in [0.3, 0.4) is 0 Å². The summed E-state index contributed by atoms with van der Waals surface area (Å²) in [6, 6.07) is 17.2. The molecule has 0 fully saturated rings. The van der Waals surface area contributed by atoms with Gasteiger partial charge in [0.1, 0.15) is 11.5 Å². The van der Waals surface area contributed by atoms with E-state index in [0.29, 0.717) is 28.6 Å². The second kappa shape index (κ2) is 9.32. The Morgan fingerprint density at radius 1 is 0.966 bits per heavy atom. The van der Waals surface area contributed by atoms with Gasteiger partial charge in [0.2, 0.25) is 0 Å². The molecule has 0 aliphatic heterocycles. The molecule has 3 aromatic rings. The fourth-order valence-electron chi connectivity index (χ4n) is 2.59. The fourth-order valence-corrected chi connectivity index (χ4v) is 2.59. The van der Waals surface area contributed by atoms with E-state index in [2.05, 4.69) is 10.3 Å². The van der Waals surface area contributed by atoms with Crippen LogP contribution in [0.5, 0.6) is 11.5 Å². The molecule has 0 unspecified atom stereocenters. The molecule has 0 N–H and O–H groups in total. The minimum absolute atomic E-state index is 0.126. The summed E-state index contributed by atoms with van der Waals surface area (Å²) >= 11 is 0. The zero-order valence-electron chi connectivity index (χ0n) is 16.1. The Balaban J connectivity index is 1.63. The molecular weight excluding hydrogens is 372 g/mol. The van der Waals surface area contributed by atoms with E-state index in [1.807, 2.05) is 0 Å². The maximum Gasteiger partial charge on any atom is 0.264 e. The quantitative estimate of drug-likeness (QED) is 0.426. The van der Waals surface area contributed by atoms with Crippen LogP contribution in [0.25, 0.3) is 0 Å². The normalized spacial score (nSPS) is 10.1. The molecule has 0 saturated carbocycles. The molecule has 1 heterocycles. The van der Waals surface area contributed by atoms with Gasteiger partial charge in [0.15, 0.2) is 6.61 Å². The lowest BCUT2D eigenvalue weighted by molar-refractivity contribution is -0.120. The van der Waals surface area contributed by atoms with Crippen LogP contribution in [0.2, 0.25) is 0 Å². The third-order valence-corrected chi connectivity index (χ3v) is 4.25. The van der Waals surface area contributed by atoms with E-state index >= 15 is 0 Å². The van der Waals surface area contributed by atoms with Crippen molar-refractivity contribution in [2.75, 3.05) is 30.7 Å². The Hall–Kier alpha value is -3.94. The van der Waals surface area contributed by atoms with Crippen molar-refractivity contribution < 1.29 is 14.3 Å². The van der Waals surface area contributed by atoms with Crippen molar-refractivity contribution in [1.29, 1.82) is 0 Å². The van der Waals surface area contributed by atoms with Gasteiger partial charge in [-0.1, -0.05) is 0 Å². The van der Waals surface area contributed by atoms with Crippen molar-refractivity contribution in [2.45, 2.75) is 0 Å². The van der Waals surface area contributed by atoms with Gasteiger partial charge in [0, 0.05) is 13.2 Å². The van der Waals surface area contributed by atoms with Crippen molar-refractivity contribution >= 4 is 23.0 Å². The van der Waals surface area contributed by atoms with Crippen molar-refractivity contribution in [1.82, 2.24) is 4.98 Å². The van der Waals surface area contributed by atoms with Gasteiger partial charge in [-0.15, -0.1) is 4.91 Å². The zero-order chi connectivity index (χ0) is 20.6. The van der Waals surface area contributed by atoms with E-state index in [9.17, 15) is 9.70 Å². The molecule has 3 rings (SSSR count). The van der Waals surface area contributed by atoms with Crippen molar-refractivity contribution in [3.8, 4) is 11.5 Å². The zero-order valence-corrected chi connectivity index (χ0v) is 16.1. The molecule has 8 nitrogen and oxygen atoms in total. The van der Waals surface area contributed by atoms with Gasteiger partial charge >= 0.3 is 0 Å². The van der Waals surface area contributed by atoms with Gasteiger partial charge in [-0.05, 0) is 60.7 Å². The Morgan fingerprint density at radius 3 is 2.10 bits per heavy atom. The number of rotatable bonds is 8. The Labute approximate surface area is 168 Å². The second-order valence-electron chi connectivity index (χ2n) is 6.04. The van der Waals surface area contributed by atoms with Crippen LogP contribution in [0.15, 0.2) is 78.3 Å². The van der Waals surface area contributed by atoms with Gasteiger partial charge in [-0.3, -0.25) is 9.78 Å². The second-order valence-corrected chi connectivity index (χ2v) is 6.04. The number of aromatic nitrogens is 1. The number of amides is 1. The van der Waals surface area contributed by atoms with E-state index < -0.39 is 0 Å². The van der Waals surface area contributed by atoms with Gasteiger partial charge in [0.25, 0.3) is 5.91 Å². The Kier molecular flexibility index (Phi) is 6.36. The standard InChI is InChI=1S/C21H20N4O4/c1-24(18-4-3-13-22-14-18)21(26)15-29-20-11-7-17(8-12-20)25(23-27)16-5-9-19(28-2)10-6-16/h3-14H,15H2,1-2H3. The highest BCUT2D eigenvalue weighted by Crippen LogP contribution is 2.29. The number of nitroso groups, excluding NO2 is 1. The van der Waals surface area contributed by atoms with Crippen LogP contribution in [0, 0.1) is 4.91 Å². The summed E-state index contributed by atoms with van der Waals surface area (Å²) in [4.78, 5) is 29.1. The topological polar surface area (TPSA) is 84.3 Å². The molecule has 0 bridgehead atoms. The summed E-state index contributed by atoms with van der Waals surface area (Å²) in [5.74, 6) is 0.975. The summed E-state index contributed by atoms with van der Waals surface area (Å²) < 4.78 is 10.7. The fraction of sp³-hybridized carbons (Fsp3) is 0.143. The van der Waals surface area contributed by atoms with E-state index in [1.165, 1.54) is 9.91 Å². The third kappa shape index (κ3) is 4.86. The highest BCUT2D eigenvalue weighted by Gasteiger charge is 2.13. The Morgan fingerprint density at radius 2 is 1.59 bits per heavy atom. The van der Waals surface area contributed by atoms with Crippen molar-refractivity contribution in [3.63, 3.8) is 0 Å². The van der Waals surface area contributed by atoms with Crippen LogP contribution in [-0.4, -0.2) is 31.7 Å². The smallest absolute Gasteiger partial charge is 0.264 e. The van der Waals surface area contributed by atoms with Crippen molar-refractivity contribution in [2.24, 2.45) is 5.29 Å². The highest BCUT2D eigenvalue weighted by atomic mass is 16.5. The van der Waals surface area contributed by atoms with Gasteiger partial charge in [0.05, 0.1) is 35.7 Å². The van der Waals surface area contributed by atoms with Crippen LogP contribution in [-0.2, 0) is 4.79 Å². The molecule has 0 spiro atoms. The number of hydrogen-bond donors (Lipinski definition) is 0. The van der Waals surface area contributed by atoms with E-state index in [4.69, 9.17) is 9.47 Å². The summed E-state index contributed by atoms with van der Waals surface area (Å²) in [5, 5.41) is 4.33. The predicted molar refractivity (Wildman–Crippen MR) is 111 cm³/mol. The first-order valence-electron chi connectivity index (χ1n) is 8.79. The summed E-state index contributed by atoms with van der Waals surface area (Å²) in [7, 11) is 3.23. The molecule has 0 aliphatic carbocycles. The molecule has 148 valence electrons.